The normalized spacial score (nSPS) is 21.8. The fraction of sp³-hybridized carbons (Fsp3) is 0.333. The Morgan fingerprint density at radius 2 is 1.86 bits per heavy atom. The molecule has 6 rings (SSSR count). The number of hydrogen-bond donors (Lipinski definition) is 1. The van der Waals surface area contributed by atoms with Crippen LogP contribution in [0, 0.1) is 5.82 Å². The first-order valence-corrected chi connectivity index (χ1v) is 12.5. The highest BCUT2D eigenvalue weighted by atomic mass is 19.1. The molecule has 0 unspecified atom stereocenters. The Morgan fingerprint density at radius 1 is 1.06 bits per heavy atom. The summed E-state index contributed by atoms with van der Waals surface area (Å²) in [5, 5.41) is 10.1. The number of cyclic esters (lactones) is 1. The standard InChI is InChI=1S/C30H28FNO3/c31-21-12-10-19(11-13-21)28-25-7-3-5-18-4-1-2-6-24(18)30(25)32-29(20-8-9-20)26(28)15-14-23-16-22(33)17-27(34)35-23/h1-2,4,6,10-15,20,22-23,33H,3,5,7-9,16-17H2/t22-,23-/m1/s1. The van der Waals surface area contributed by atoms with E-state index in [0.717, 1.165) is 60.2 Å². The van der Waals surface area contributed by atoms with Crippen molar-refractivity contribution in [3.05, 3.63) is 82.8 Å². The Kier molecular flexibility index (Phi) is 5.73. The van der Waals surface area contributed by atoms with E-state index in [1.807, 2.05) is 24.3 Å². The lowest BCUT2D eigenvalue weighted by atomic mass is 9.87. The summed E-state index contributed by atoms with van der Waals surface area (Å²) >= 11 is 0. The van der Waals surface area contributed by atoms with Crippen LogP contribution in [0.15, 0.2) is 54.6 Å². The van der Waals surface area contributed by atoms with Crippen LogP contribution >= 0.6 is 0 Å². The predicted molar refractivity (Wildman–Crippen MR) is 133 cm³/mol. The number of aryl methyl sites for hydroxylation is 1. The number of aromatic nitrogens is 1. The van der Waals surface area contributed by atoms with E-state index in [-0.39, 0.29) is 18.2 Å². The number of fused-ring (bicyclic) bond motifs is 3. The van der Waals surface area contributed by atoms with Crippen molar-refractivity contribution in [1.29, 1.82) is 0 Å². The van der Waals surface area contributed by atoms with Crippen molar-refractivity contribution in [3.63, 3.8) is 0 Å². The Morgan fingerprint density at radius 3 is 2.63 bits per heavy atom. The van der Waals surface area contributed by atoms with Gasteiger partial charge >= 0.3 is 5.97 Å². The highest BCUT2D eigenvalue weighted by Crippen LogP contribution is 2.47. The fourth-order valence-corrected chi connectivity index (χ4v) is 5.46. The Labute approximate surface area is 204 Å². The van der Waals surface area contributed by atoms with Crippen molar-refractivity contribution in [2.45, 2.75) is 63.1 Å². The Hall–Kier alpha value is -3.31. The molecule has 2 aliphatic carbocycles. The van der Waals surface area contributed by atoms with Crippen molar-refractivity contribution in [2.24, 2.45) is 0 Å². The number of pyridine rings is 1. The van der Waals surface area contributed by atoms with Gasteiger partial charge in [-0.25, -0.2) is 4.39 Å². The minimum absolute atomic E-state index is 0.0400. The van der Waals surface area contributed by atoms with Gasteiger partial charge in [0.25, 0.3) is 0 Å². The molecule has 2 heterocycles. The van der Waals surface area contributed by atoms with Gasteiger partial charge in [0.15, 0.2) is 0 Å². The van der Waals surface area contributed by atoms with E-state index >= 15 is 0 Å². The highest BCUT2D eigenvalue weighted by Gasteiger charge is 2.32. The molecule has 3 aliphatic rings. The SMILES string of the molecule is O=C1C[C@H](O)C[C@@H](C=Cc2c(C3CC3)nc3c(c2-c2ccc(F)cc2)CCCc2ccccc2-3)O1. The number of aliphatic hydroxyl groups is 1. The van der Waals surface area contributed by atoms with Gasteiger partial charge in [0.1, 0.15) is 11.9 Å². The third-order valence-corrected chi connectivity index (χ3v) is 7.27. The molecule has 2 fully saturated rings. The molecule has 178 valence electrons. The number of ether oxygens (including phenoxy) is 1. The van der Waals surface area contributed by atoms with Crippen LogP contribution in [0.1, 0.15) is 60.4 Å². The van der Waals surface area contributed by atoms with Gasteiger partial charge in [-0.05, 0) is 72.6 Å². The fourth-order valence-electron chi connectivity index (χ4n) is 5.46. The van der Waals surface area contributed by atoms with Crippen LogP contribution in [0.2, 0.25) is 0 Å². The average molecular weight is 470 g/mol. The van der Waals surface area contributed by atoms with Gasteiger partial charge in [-0.3, -0.25) is 9.78 Å². The van der Waals surface area contributed by atoms with Crippen LogP contribution in [0.25, 0.3) is 28.5 Å². The van der Waals surface area contributed by atoms with Crippen LogP contribution in [0.3, 0.4) is 0 Å². The molecular weight excluding hydrogens is 441 g/mol. The number of aliphatic hydroxyl groups excluding tert-OH is 1. The summed E-state index contributed by atoms with van der Waals surface area (Å²) in [5.41, 5.74) is 8.86. The second-order valence-electron chi connectivity index (χ2n) is 9.89. The van der Waals surface area contributed by atoms with Crippen LogP contribution in [0.4, 0.5) is 4.39 Å². The summed E-state index contributed by atoms with van der Waals surface area (Å²) in [6, 6.07) is 15.2. The van der Waals surface area contributed by atoms with Gasteiger partial charge in [0.2, 0.25) is 0 Å². The molecule has 2 atom stereocenters. The first kappa shape index (κ1) is 22.2. The van der Waals surface area contributed by atoms with Crippen LogP contribution in [-0.2, 0) is 22.4 Å². The van der Waals surface area contributed by atoms with Crippen molar-refractivity contribution >= 4 is 12.0 Å². The monoisotopic (exact) mass is 469 g/mol. The molecule has 1 aliphatic heterocycles. The number of nitrogens with zero attached hydrogens (tertiary/aromatic N) is 1. The smallest absolute Gasteiger partial charge is 0.309 e. The molecule has 3 aromatic rings. The van der Waals surface area contributed by atoms with E-state index < -0.39 is 12.2 Å². The van der Waals surface area contributed by atoms with E-state index in [1.165, 1.54) is 28.8 Å². The summed E-state index contributed by atoms with van der Waals surface area (Å²) in [7, 11) is 0. The molecule has 0 amide bonds. The zero-order chi connectivity index (χ0) is 23.9. The first-order valence-electron chi connectivity index (χ1n) is 12.5. The van der Waals surface area contributed by atoms with Gasteiger partial charge in [-0.1, -0.05) is 42.5 Å². The maximum atomic E-state index is 13.9. The van der Waals surface area contributed by atoms with Crippen LogP contribution < -0.4 is 0 Å². The molecule has 1 saturated heterocycles. The second kappa shape index (κ2) is 9.04. The highest BCUT2D eigenvalue weighted by molar-refractivity contribution is 5.86. The first-order chi connectivity index (χ1) is 17.1. The molecular formula is C30H28FNO3. The predicted octanol–water partition coefficient (Wildman–Crippen LogP) is 6.00. The largest absolute Gasteiger partial charge is 0.458 e. The number of hydrogen-bond acceptors (Lipinski definition) is 4. The summed E-state index contributed by atoms with van der Waals surface area (Å²) < 4.78 is 19.4. The van der Waals surface area contributed by atoms with Gasteiger partial charge in [-0.2, -0.15) is 0 Å². The van der Waals surface area contributed by atoms with E-state index in [4.69, 9.17) is 9.72 Å². The maximum Gasteiger partial charge on any atom is 0.309 e. The zero-order valence-electron chi connectivity index (χ0n) is 19.5. The summed E-state index contributed by atoms with van der Waals surface area (Å²) in [6.45, 7) is 0. The lowest BCUT2D eigenvalue weighted by Crippen LogP contribution is -2.31. The minimum Gasteiger partial charge on any atom is -0.458 e. The van der Waals surface area contributed by atoms with Gasteiger partial charge < -0.3 is 9.84 Å². The summed E-state index contributed by atoms with van der Waals surface area (Å²) in [6.07, 6.45) is 8.24. The minimum atomic E-state index is -0.688. The number of halogens is 1. The molecule has 0 bridgehead atoms. The number of esters is 1. The zero-order valence-corrected chi connectivity index (χ0v) is 19.5. The number of carbonyl (C=O) groups excluding carboxylic acids is 1. The molecule has 35 heavy (non-hydrogen) atoms. The van der Waals surface area contributed by atoms with Gasteiger partial charge in [-0.15, -0.1) is 0 Å². The maximum absolute atomic E-state index is 13.9. The average Bonchev–Trinajstić information content (AvgIpc) is 3.69. The van der Waals surface area contributed by atoms with Crippen LogP contribution in [-0.4, -0.2) is 28.3 Å². The van der Waals surface area contributed by atoms with E-state index in [9.17, 15) is 14.3 Å². The summed E-state index contributed by atoms with van der Waals surface area (Å²) in [5.74, 6) is -0.257. The van der Waals surface area contributed by atoms with Crippen molar-refractivity contribution < 1.29 is 19.0 Å². The van der Waals surface area contributed by atoms with E-state index in [2.05, 4.69) is 24.3 Å². The molecule has 1 N–H and O–H groups in total. The molecule has 4 nitrogen and oxygen atoms in total. The number of carbonyl (C=O) groups is 1. The van der Waals surface area contributed by atoms with Crippen molar-refractivity contribution in [2.75, 3.05) is 0 Å². The van der Waals surface area contributed by atoms with E-state index in [1.54, 1.807) is 0 Å². The van der Waals surface area contributed by atoms with Gasteiger partial charge in [0.05, 0.1) is 23.9 Å². The third kappa shape index (κ3) is 4.41. The lowest BCUT2D eigenvalue weighted by molar-refractivity contribution is -0.156. The Balaban J connectivity index is 1.56. The molecule has 5 heteroatoms. The molecule has 1 saturated carbocycles. The summed E-state index contributed by atoms with van der Waals surface area (Å²) in [4.78, 5) is 17.2. The number of rotatable bonds is 4. The third-order valence-electron chi connectivity index (χ3n) is 7.27. The Bertz CT molecular complexity index is 1310. The van der Waals surface area contributed by atoms with Gasteiger partial charge in [0, 0.05) is 23.5 Å². The second-order valence-corrected chi connectivity index (χ2v) is 9.89. The lowest BCUT2D eigenvalue weighted by Gasteiger charge is -2.24. The number of benzene rings is 2. The quantitative estimate of drug-likeness (QED) is 0.476. The molecule has 1 aromatic heterocycles. The molecule has 2 aromatic carbocycles. The van der Waals surface area contributed by atoms with Crippen LogP contribution in [0.5, 0.6) is 0 Å². The topological polar surface area (TPSA) is 59.4 Å². The molecule has 0 spiro atoms. The van der Waals surface area contributed by atoms with E-state index in [0.29, 0.717) is 12.3 Å². The van der Waals surface area contributed by atoms with Crippen molar-refractivity contribution in [1.82, 2.24) is 4.98 Å². The van der Waals surface area contributed by atoms with Crippen molar-refractivity contribution in [3.8, 4) is 22.4 Å². The molecule has 0 radical (unpaired) electrons.